The molecule has 3 N–H and O–H groups in total. The van der Waals surface area contributed by atoms with Gasteiger partial charge in [-0.05, 0) is 45.1 Å². The van der Waals surface area contributed by atoms with E-state index in [4.69, 9.17) is 4.74 Å². The van der Waals surface area contributed by atoms with Gasteiger partial charge in [0, 0.05) is 12.5 Å². The molecule has 2 atom stereocenters. The molecule has 0 spiro atoms. The fraction of sp³-hybridized carbons (Fsp3) is 0.571. The predicted molar refractivity (Wildman–Crippen MR) is 107 cm³/mol. The topological polar surface area (TPSA) is 105 Å². The van der Waals surface area contributed by atoms with Crippen LogP contribution in [0.2, 0.25) is 0 Å². The van der Waals surface area contributed by atoms with Crippen molar-refractivity contribution in [3.8, 4) is 0 Å². The van der Waals surface area contributed by atoms with E-state index in [-0.39, 0.29) is 12.3 Å². The highest BCUT2D eigenvalue weighted by Gasteiger charge is 2.25. The first-order valence-corrected chi connectivity index (χ1v) is 9.52. The fourth-order valence-electron chi connectivity index (χ4n) is 2.72. The lowest BCUT2D eigenvalue weighted by atomic mass is 10.0. The zero-order chi connectivity index (χ0) is 21.3. The summed E-state index contributed by atoms with van der Waals surface area (Å²) in [4.78, 5) is 36.0. The van der Waals surface area contributed by atoms with Gasteiger partial charge in [-0.25, -0.2) is 9.59 Å². The predicted octanol–water partition coefficient (Wildman–Crippen LogP) is 3.13. The van der Waals surface area contributed by atoms with E-state index in [9.17, 15) is 19.5 Å². The van der Waals surface area contributed by atoms with Gasteiger partial charge in [-0.1, -0.05) is 44.2 Å². The molecule has 0 aliphatic heterocycles. The molecule has 0 aromatic heterocycles. The highest BCUT2D eigenvalue weighted by atomic mass is 16.6. The van der Waals surface area contributed by atoms with Crippen LogP contribution in [0.4, 0.5) is 4.79 Å². The summed E-state index contributed by atoms with van der Waals surface area (Å²) in [6.07, 6.45) is 0.105. The van der Waals surface area contributed by atoms with E-state index in [0.29, 0.717) is 12.8 Å². The van der Waals surface area contributed by atoms with Crippen molar-refractivity contribution in [2.45, 2.75) is 71.6 Å². The highest BCUT2D eigenvalue weighted by Crippen LogP contribution is 2.11. The summed E-state index contributed by atoms with van der Waals surface area (Å²) in [5.41, 5.74) is 0.295. The van der Waals surface area contributed by atoms with Gasteiger partial charge < -0.3 is 20.5 Å². The third kappa shape index (κ3) is 9.94. The van der Waals surface area contributed by atoms with Crippen LogP contribution >= 0.6 is 0 Å². The molecule has 1 aromatic carbocycles. The monoisotopic (exact) mass is 392 g/mol. The average Bonchev–Trinajstić information content (AvgIpc) is 2.52. The first-order valence-electron chi connectivity index (χ1n) is 9.52. The highest BCUT2D eigenvalue weighted by molar-refractivity contribution is 5.84. The molecule has 0 radical (unpaired) electrons. The Morgan fingerprint density at radius 2 is 1.68 bits per heavy atom. The molecule has 7 nitrogen and oxygen atoms in total. The van der Waals surface area contributed by atoms with Crippen LogP contribution in [0.1, 0.15) is 53.0 Å². The molecule has 2 amide bonds. The summed E-state index contributed by atoms with van der Waals surface area (Å²) in [5, 5.41) is 14.6. The Bertz CT molecular complexity index is 653. The fourth-order valence-corrected chi connectivity index (χ4v) is 2.72. The van der Waals surface area contributed by atoms with Gasteiger partial charge in [0.25, 0.3) is 0 Å². The summed E-state index contributed by atoms with van der Waals surface area (Å²) in [6.45, 7) is 9.06. The number of amides is 2. The molecule has 156 valence electrons. The first kappa shape index (κ1) is 23.5. The zero-order valence-electron chi connectivity index (χ0n) is 17.3. The van der Waals surface area contributed by atoms with Gasteiger partial charge in [0.1, 0.15) is 11.6 Å². The summed E-state index contributed by atoms with van der Waals surface area (Å²) in [5.74, 6) is -1.37. The van der Waals surface area contributed by atoms with Gasteiger partial charge in [-0.2, -0.15) is 0 Å². The number of carbonyl (C=O) groups excluding carboxylic acids is 2. The van der Waals surface area contributed by atoms with Crippen molar-refractivity contribution in [1.29, 1.82) is 0 Å². The standard InChI is InChI=1S/C21H32N2O5/c1-14(2)11-17(19(25)26)23-18(24)13-16(12-15-9-7-6-8-10-15)22-20(27)28-21(3,4)5/h6-10,14,16-17H,11-13H2,1-5H3,(H,22,27)(H,23,24)(H,25,26)/t16-,17+/m1/s1. The van der Waals surface area contributed by atoms with Crippen LogP contribution in [0.25, 0.3) is 0 Å². The Morgan fingerprint density at radius 1 is 1.07 bits per heavy atom. The minimum atomic E-state index is -1.07. The van der Waals surface area contributed by atoms with E-state index in [2.05, 4.69) is 10.6 Å². The number of carbonyl (C=O) groups is 3. The van der Waals surface area contributed by atoms with Gasteiger partial charge in [0.05, 0.1) is 0 Å². The number of carboxylic acids is 1. The van der Waals surface area contributed by atoms with Gasteiger partial charge in [-0.15, -0.1) is 0 Å². The molecule has 0 aliphatic carbocycles. The normalized spacial score (nSPS) is 13.5. The molecule has 28 heavy (non-hydrogen) atoms. The molecule has 1 aromatic rings. The number of hydrogen-bond acceptors (Lipinski definition) is 4. The van der Waals surface area contributed by atoms with E-state index in [1.165, 1.54) is 0 Å². The Morgan fingerprint density at radius 3 is 2.18 bits per heavy atom. The lowest BCUT2D eigenvalue weighted by Crippen LogP contribution is -2.46. The molecular weight excluding hydrogens is 360 g/mol. The van der Waals surface area contributed by atoms with Crippen molar-refractivity contribution in [3.63, 3.8) is 0 Å². The Balaban J connectivity index is 2.81. The Hall–Kier alpha value is -2.57. The van der Waals surface area contributed by atoms with Crippen LogP contribution < -0.4 is 10.6 Å². The van der Waals surface area contributed by atoms with Crippen molar-refractivity contribution < 1.29 is 24.2 Å². The maximum atomic E-state index is 12.4. The SMILES string of the molecule is CC(C)C[C@H](NC(=O)C[C@@H](Cc1ccccc1)NC(=O)OC(C)(C)C)C(=O)O. The molecule has 0 saturated heterocycles. The van der Waals surface area contributed by atoms with E-state index < -0.39 is 35.7 Å². The molecular formula is C21H32N2O5. The van der Waals surface area contributed by atoms with Crippen molar-refractivity contribution in [2.75, 3.05) is 0 Å². The summed E-state index contributed by atoms with van der Waals surface area (Å²) >= 11 is 0. The van der Waals surface area contributed by atoms with Crippen molar-refractivity contribution >= 4 is 18.0 Å². The summed E-state index contributed by atoms with van der Waals surface area (Å²) in [7, 11) is 0. The van der Waals surface area contributed by atoms with Gasteiger partial charge in [-0.3, -0.25) is 4.79 Å². The van der Waals surface area contributed by atoms with Crippen molar-refractivity contribution in [2.24, 2.45) is 5.92 Å². The molecule has 0 heterocycles. The second-order valence-corrected chi connectivity index (χ2v) is 8.32. The van der Waals surface area contributed by atoms with E-state index in [1.807, 2.05) is 44.2 Å². The lowest BCUT2D eigenvalue weighted by Gasteiger charge is -2.24. The molecule has 1 rings (SSSR count). The maximum absolute atomic E-state index is 12.4. The molecule has 0 saturated carbocycles. The largest absolute Gasteiger partial charge is 0.480 e. The van der Waals surface area contributed by atoms with Crippen LogP contribution in [0.3, 0.4) is 0 Å². The van der Waals surface area contributed by atoms with Gasteiger partial charge in [0.15, 0.2) is 0 Å². The number of ether oxygens (including phenoxy) is 1. The first-order chi connectivity index (χ1) is 13.0. The number of rotatable bonds is 9. The molecule has 0 fully saturated rings. The van der Waals surface area contributed by atoms with Crippen molar-refractivity contribution in [3.05, 3.63) is 35.9 Å². The van der Waals surface area contributed by atoms with Crippen LogP contribution in [-0.4, -0.2) is 40.8 Å². The minimum Gasteiger partial charge on any atom is -0.480 e. The third-order valence-corrected chi connectivity index (χ3v) is 3.82. The third-order valence-electron chi connectivity index (χ3n) is 3.82. The van der Waals surface area contributed by atoms with Crippen LogP contribution in [0, 0.1) is 5.92 Å². The molecule has 0 aliphatic rings. The second-order valence-electron chi connectivity index (χ2n) is 8.32. The number of aliphatic carboxylic acids is 1. The van der Waals surface area contributed by atoms with Gasteiger partial charge >= 0.3 is 12.1 Å². The molecule has 0 bridgehead atoms. The van der Waals surface area contributed by atoms with Crippen LogP contribution in [-0.2, 0) is 20.7 Å². The van der Waals surface area contributed by atoms with Crippen LogP contribution in [0.15, 0.2) is 30.3 Å². The average molecular weight is 392 g/mol. The summed E-state index contributed by atoms with van der Waals surface area (Å²) < 4.78 is 5.28. The maximum Gasteiger partial charge on any atom is 0.407 e. The number of alkyl carbamates (subject to hydrolysis) is 1. The number of benzene rings is 1. The molecule has 7 heteroatoms. The number of hydrogen-bond donors (Lipinski definition) is 3. The van der Waals surface area contributed by atoms with E-state index in [0.717, 1.165) is 5.56 Å². The second kappa shape index (κ2) is 10.7. The van der Waals surface area contributed by atoms with E-state index >= 15 is 0 Å². The lowest BCUT2D eigenvalue weighted by molar-refractivity contribution is -0.142. The molecule has 0 unspecified atom stereocenters. The summed E-state index contributed by atoms with van der Waals surface area (Å²) in [6, 6.07) is 7.97. The zero-order valence-corrected chi connectivity index (χ0v) is 17.3. The minimum absolute atomic E-state index is 0.0456. The number of carboxylic acid groups (broad SMARTS) is 1. The quantitative estimate of drug-likeness (QED) is 0.599. The van der Waals surface area contributed by atoms with Crippen LogP contribution in [0.5, 0.6) is 0 Å². The number of nitrogens with one attached hydrogen (secondary N) is 2. The van der Waals surface area contributed by atoms with Crippen molar-refractivity contribution in [1.82, 2.24) is 10.6 Å². The Kier molecular flexibility index (Phi) is 8.96. The van der Waals surface area contributed by atoms with Gasteiger partial charge in [0.2, 0.25) is 5.91 Å². The van der Waals surface area contributed by atoms with E-state index in [1.54, 1.807) is 20.8 Å². The smallest absolute Gasteiger partial charge is 0.407 e. The Labute approximate surface area is 166 Å².